The molecule has 0 amide bonds. The van der Waals surface area contributed by atoms with Crippen LogP contribution in [-0.2, 0) is 0 Å². The molecule has 0 spiro atoms. The highest BCUT2D eigenvalue weighted by molar-refractivity contribution is 5.80. The van der Waals surface area contributed by atoms with E-state index in [4.69, 9.17) is 5.41 Å². The number of likely N-dealkylation sites (N-methyl/N-ethyl adjacent to an activating group) is 1. The van der Waals surface area contributed by atoms with Crippen LogP contribution in [-0.4, -0.2) is 48.4 Å². The number of amidine groups is 1. The molecule has 0 saturated carbocycles. The second-order valence-corrected chi connectivity index (χ2v) is 3.56. The molecule has 0 bridgehead atoms. The Morgan fingerprint density at radius 1 is 1.38 bits per heavy atom. The lowest BCUT2D eigenvalue weighted by Crippen LogP contribution is -2.35. The van der Waals surface area contributed by atoms with Crippen molar-refractivity contribution in [2.24, 2.45) is 0 Å². The molecule has 0 aromatic rings. The molecule has 1 fully saturated rings. The Bertz CT molecular complexity index is 164. The molecule has 1 aliphatic heterocycles. The number of nitrogens with one attached hydrogen (secondary N) is 1. The first-order chi connectivity index (χ1) is 6.27. The van der Waals surface area contributed by atoms with Gasteiger partial charge in [-0.05, 0) is 19.5 Å². The SMILES string of the molecule is CCN(CC)CCN1CCCC1=N. The van der Waals surface area contributed by atoms with E-state index in [1.807, 2.05) is 0 Å². The Morgan fingerprint density at radius 2 is 2.08 bits per heavy atom. The van der Waals surface area contributed by atoms with Gasteiger partial charge < -0.3 is 9.80 Å². The highest BCUT2D eigenvalue weighted by atomic mass is 15.2. The van der Waals surface area contributed by atoms with E-state index in [1.54, 1.807) is 0 Å². The van der Waals surface area contributed by atoms with Crippen molar-refractivity contribution in [2.45, 2.75) is 26.7 Å². The molecule has 13 heavy (non-hydrogen) atoms. The van der Waals surface area contributed by atoms with E-state index in [2.05, 4.69) is 23.6 Å². The Kier molecular flexibility index (Phi) is 4.22. The lowest BCUT2D eigenvalue weighted by molar-refractivity contribution is 0.273. The molecule has 0 radical (unpaired) electrons. The zero-order valence-corrected chi connectivity index (χ0v) is 8.84. The maximum Gasteiger partial charge on any atom is 0.0958 e. The molecule has 1 saturated heterocycles. The predicted molar refractivity (Wildman–Crippen MR) is 56.3 cm³/mol. The minimum Gasteiger partial charge on any atom is -0.359 e. The Labute approximate surface area is 81.2 Å². The topological polar surface area (TPSA) is 30.3 Å². The summed E-state index contributed by atoms with van der Waals surface area (Å²) in [6.45, 7) is 9.88. The lowest BCUT2D eigenvalue weighted by Gasteiger charge is -2.23. The van der Waals surface area contributed by atoms with Gasteiger partial charge in [0.25, 0.3) is 0 Å². The molecule has 0 atom stereocenters. The minimum absolute atomic E-state index is 0.840. The first-order valence-corrected chi connectivity index (χ1v) is 5.32. The third-order valence-corrected chi connectivity index (χ3v) is 2.80. The Hall–Kier alpha value is -0.570. The van der Waals surface area contributed by atoms with Crippen LogP contribution in [0.1, 0.15) is 26.7 Å². The van der Waals surface area contributed by atoms with Gasteiger partial charge in [-0.2, -0.15) is 0 Å². The molecule has 0 aliphatic carbocycles. The average molecular weight is 183 g/mol. The quantitative estimate of drug-likeness (QED) is 0.698. The van der Waals surface area contributed by atoms with E-state index in [0.717, 1.165) is 45.0 Å². The fourth-order valence-corrected chi connectivity index (χ4v) is 1.78. The third-order valence-electron chi connectivity index (χ3n) is 2.80. The molecule has 1 N–H and O–H groups in total. The van der Waals surface area contributed by atoms with Crippen LogP contribution in [0.5, 0.6) is 0 Å². The van der Waals surface area contributed by atoms with Crippen LogP contribution < -0.4 is 0 Å². The minimum atomic E-state index is 0.840. The molecule has 0 unspecified atom stereocenters. The van der Waals surface area contributed by atoms with Gasteiger partial charge in [-0.25, -0.2) is 0 Å². The fraction of sp³-hybridized carbons (Fsp3) is 0.900. The summed E-state index contributed by atoms with van der Waals surface area (Å²) in [6, 6.07) is 0. The van der Waals surface area contributed by atoms with E-state index in [9.17, 15) is 0 Å². The summed E-state index contributed by atoms with van der Waals surface area (Å²) in [6.07, 6.45) is 2.16. The van der Waals surface area contributed by atoms with E-state index in [0.29, 0.717) is 0 Å². The molecule has 1 heterocycles. The van der Waals surface area contributed by atoms with Crippen molar-refractivity contribution in [1.82, 2.24) is 9.80 Å². The van der Waals surface area contributed by atoms with Crippen LogP contribution in [0.4, 0.5) is 0 Å². The van der Waals surface area contributed by atoms with Crippen molar-refractivity contribution in [2.75, 3.05) is 32.7 Å². The first-order valence-electron chi connectivity index (χ1n) is 5.32. The number of hydrogen-bond donors (Lipinski definition) is 1. The van der Waals surface area contributed by atoms with Gasteiger partial charge in [-0.1, -0.05) is 13.8 Å². The molecule has 0 aromatic heterocycles. The fourth-order valence-electron chi connectivity index (χ4n) is 1.78. The van der Waals surface area contributed by atoms with Gasteiger partial charge >= 0.3 is 0 Å². The number of hydrogen-bond acceptors (Lipinski definition) is 2. The van der Waals surface area contributed by atoms with Crippen molar-refractivity contribution in [3.05, 3.63) is 0 Å². The summed E-state index contributed by atoms with van der Waals surface area (Å²) in [7, 11) is 0. The average Bonchev–Trinajstić information content (AvgIpc) is 2.54. The van der Waals surface area contributed by atoms with Crippen LogP contribution >= 0.6 is 0 Å². The van der Waals surface area contributed by atoms with Crippen molar-refractivity contribution in [3.8, 4) is 0 Å². The molecule has 3 heteroatoms. The maximum absolute atomic E-state index is 7.67. The highest BCUT2D eigenvalue weighted by Gasteiger charge is 2.16. The van der Waals surface area contributed by atoms with Gasteiger partial charge in [0.05, 0.1) is 5.84 Å². The molecular weight excluding hydrogens is 162 g/mol. The van der Waals surface area contributed by atoms with Crippen molar-refractivity contribution in [3.63, 3.8) is 0 Å². The van der Waals surface area contributed by atoms with E-state index in [1.165, 1.54) is 6.42 Å². The number of nitrogens with zero attached hydrogens (tertiary/aromatic N) is 2. The summed E-state index contributed by atoms with van der Waals surface area (Å²) in [5.41, 5.74) is 0. The smallest absolute Gasteiger partial charge is 0.0958 e. The van der Waals surface area contributed by atoms with Crippen LogP contribution in [0, 0.1) is 5.41 Å². The normalized spacial score (nSPS) is 17.5. The van der Waals surface area contributed by atoms with E-state index >= 15 is 0 Å². The van der Waals surface area contributed by atoms with Gasteiger partial charge in [-0.3, -0.25) is 5.41 Å². The molecule has 0 aromatic carbocycles. The third kappa shape index (κ3) is 2.99. The zero-order valence-electron chi connectivity index (χ0n) is 8.84. The largest absolute Gasteiger partial charge is 0.359 e. The van der Waals surface area contributed by atoms with Gasteiger partial charge in [-0.15, -0.1) is 0 Å². The van der Waals surface area contributed by atoms with Gasteiger partial charge in [0.15, 0.2) is 0 Å². The Balaban J connectivity index is 2.20. The van der Waals surface area contributed by atoms with Crippen LogP contribution in [0.15, 0.2) is 0 Å². The number of likely N-dealkylation sites (tertiary alicyclic amines) is 1. The predicted octanol–water partition coefficient (Wildman–Crippen LogP) is 1.40. The summed E-state index contributed by atoms with van der Waals surface area (Å²) in [4.78, 5) is 4.62. The zero-order chi connectivity index (χ0) is 9.68. The van der Waals surface area contributed by atoms with Gasteiger partial charge in [0, 0.05) is 26.1 Å². The summed E-state index contributed by atoms with van der Waals surface area (Å²) >= 11 is 0. The van der Waals surface area contributed by atoms with Gasteiger partial charge in [0.1, 0.15) is 0 Å². The monoisotopic (exact) mass is 183 g/mol. The van der Waals surface area contributed by atoms with Gasteiger partial charge in [0.2, 0.25) is 0 Å². The van der Waals surface area contributed by atoms with E-state index in [-0.39, 0.29) is 0 Å². The summed E-state index contributed by atoms with van der Waals surface area (Å²) < 4.78 is 0. The molecule has 76 valence electrons. The second kappa shape index (κ2) is 5.22. The van der Waals surface area contributed by atoms with E-state index < -0.39 is 0 Å². The van der Waals surface area contributed by atoms with Crippen molar-refractivity contribution in [1.29, 1.82) is 5.41 Å². The van der Waals surface area contributed by atoms with Crippen LogP contribution in [0.3, 0.4) is 0 Å². The standard InChI is InChI=1S/C10H21N3/c1-3-12(4-2)8-9-13-7-5-6-10(13)11/h11H,3-9H2,1-2H3. The molecule has 3 nitrogen and oxygen atoms in total. The molecule has 1 rings (SSSR count). The molecular formula is C10H21N3. The highest BCUT2D eigenvalue weighted by Crippen LogP contribution is 2.09. The van der Waals surface area contributed by atoms with Crippen molar-refractivity contribution < 1.29 is 0 Å². The maximum atomic E-state index is 7.67. The molecule has 1 aliphatic rings. The summed E-state index contributed by atoms with van der Waals surface area (Å²) in [5, 5.41) is 7.67. The van der Waals surface area contributed by atoms with Crippen LogP contribution in [0.25, 0.3) is 0 Å². The second-order valence-electron chi connectivity index (χ2n) is 3.56. The summed E-state index contributed by atoms with van der Waals surface area (Å²) in [5.74, 6) is 0.840. The first kappa shape index (κ1) is 10.5. The van der Waals surface area contributed by atoms with Crippen LogP contribution in [0.2, 0.25) is 0 Å². The van der Waals surface area contributed by atoms with Crippen molar-refractivity contribution >= 4 is 5.84 Å². The lowest BCUT2D eigenvalue weighted by atomic mass is 10.4. The number of rotatable bonds is 5. The Morgan fingerprint density at radius 3 is 2.54 bits per heavy atom.